The fourth-order valence-corrected chi connectivity index (χ4v) is 1.50. The van der Waals surface area contributed by atoms with Gasteiger partial charge in [-0.05, 0) is 12.8 Å². The average molecular weight is 203 g/mol. The summed E-state index contributed by atoms with van der Waals surface area (Å²) in [6, 6.07) is 1.55. The minimum atomic E-state index is -0.140. The molecule has 2 N–H and O–H groups in total. The van der Waals surface area contributed by atoms with Crippen LogP contribution in [0.4, 0.5) is 0 Å². The largest absolute Gasteiger partial charge is 0.304 e. The van der Waals surface area contributed by atoms with E-state index in [0.29, 0.717) is 17.6 Å². The van der Waals surface area contributed by atoms with Crippen molar-refractivity contribution >= 4 is 0 Å². The molecule has 1 saturated carbocycles. The molecule has 0 spiro atoms. The van der Waals surface area contributed by atoms with E-state index in [1.165, 1.54) is 6.33 Å². The fraction of sp³-hybridized carbons (Fsp3) is 0.333. The Bertz CT molecular complexity index is 526. The molecular formula is C9H9N5O. The summed E-state index contributed by atoms with van der Waals surface area (Å²) in [5.74, 6) is 1.41. The molecule has 6 heteroatoms. The maximum Gasteiger partial charge on any atom is 0.251 e. The number of hydrogen-bond donors (Lipinski definition) is 2. The molecule has 2 heterocycles. The van der Waals surface area contributed by atoms with Crippen molar-refractivity contribution in [2.24, 2.45) is 0 Å². The van der Waals surface area contributed by atoms with Gasteiger partial charge in [0.1, 0.15) is 6.33 Å². The summed E-state index contributed by atoms with van der Waals surface area (Å²) in [5.41, 5.74) is 0.712. The molecule has 2 aromatic heterocycles. The highest BCUT2D eigenvalue weighted by atomic mass is 16.1. The standard InChI is InChI=1S/C9H9N5O/c15-7-3-6(5-1-2-5)12-9(13-7)8-10-4-11-14-8/h3-5H,1-2H2,(H,10,11,14)(H,12,13,15). The van der Waals surface area contributed by atoms with Crippen LogP contribution in [0.5, 0.6) is 0 Å². The first kappa shape index (κ1) is 8.34. The second kappa shape index (κ2) is 3.01. The SMILES string of the molecule is O=c1cc(C2CC2)nc(-c2ncn[nH]2)[nH]1. The lowest BCUT2D eigenvalue weighted by molar-refractivity contribution is 0.959. The van der Waals surface area contributed by atoms with Crippen molar-refractivity contribution in [1.29, 1.82) is 0 Å². The average Bonchev–Trinajstić information content (AvgIpc) is 2.93. The van der Waals surface area contributed by atoms with E-state index < -0.39 is 0 Å². The van der Waals surface area contributed by atoms with Gasteiger partial charge in [0.25, 0.3) is 5.56 Å². The molecule has 0 saturated heterocycles. The summed E-state index contributed by atoms with van der Waals surface area (Å²) in [5, 5.41) is 6.39. The van der Waals surface area contributed by atoms with Gasteiger partial charge in [0.05, 0.1) is 5.69 Å². The highest BCUT2D eigenvalue weighted by Gasteiger charge is 2.26. The smallest absolute Gasteiger partial charge is 0.251 e. The van der Waals surface area contributed by atoms with Gasteiger partial charge in [-0.15, -0.1) is 0 Å². The molecule has 6 nitrogen and oxygen atoms in total. The lowest BCUT2D eigenvalue weighted by Gasteiger charge is -1.99. The predicted octanol–water partition coefficient (Wildman–Crippen LogP) is 0.432. The number of rotatable bonds is 2. The van der Waals surface area contributed by atoms with Crippen LogP contribution in [0, 0.1) is 0 Å². The van der Waals surface area contributed by atoms with E-state index in [1.54, 1.807) is 6.07 Å². The minimum Gasteiger partial charge on any atom is -0.304 e. The normalized spacial score (nSPS) is 15.5. The number of H-pyrrole nitrogens is 2. The van der Waals surface area contributed by atoms with E-state index in [1.807, 2.05) is 0 Å². The molecule has 0 amide bonds. The molecule has 2 aromatic rings. The molecule has 1 aliphatic carbocycles. The maximum absolute atomic E-state index is 11.4. The van der Waals surface area contributed by atoms with Gasteiger partial charge in [0, 0.05) is 12.0 Å². The van der Waals surface area contributed by atoms with Crippen molar-refractivity contribution in [2.75, 3.05) is 0 Å². The van der Waals surface area contributed by atoms with Gasteiger partial charge >= 0.3 is 0 Å². The van der Waals surface area contributed by atoms with Crippen LogP contribution in [0.25, 0.3) is 11.6 Å². The Labute approximate surface area is 84.8 Å². The van der Waals surface area contributed by atoms with Gasteiger partial charge < -0.3 is 4.98 Å². The zero-order valence-corrected chi connectivity index (χ0v) is 7.90. The van der Waals surface area contributed by atoms with Crippen molar-refractivity contribution in [1.82, 2.24) is 25.1 Å². The van der Waals surface area contributed by atoms with Crippen LogP contribution in [-0.4, -0.2) is 25.1 Å². The molecule has 0 atom stereocenters. The fourth-order valence-electron chi connectivity index (χ4n) is 1.50. The number of nitrogens with one attached hydrogen (secondary N) is 2. The summed E-state index contributed by atoms with van der Waals surface area (Å²) < 4.78 is 0. The van der Waals surface area contributed by atoms with E-state index >= 15 is 0 Å². The first-order chi connectivity index (χ1) is 7.33. The maximum atomic E-state index is 11.4. The third kappa shape index (κ3) is 1.54. The number of hydrogen-bond acceptors (Lipinski definition) is 4. The third-order valence-electron chi connectivity index (χ3n) is 2.40. The monoisotopic (exact) mass is 203 g/mol. The number of nitrogens with zero attached hydrogens (tertiary/aromatic N) is 3. The molecule has 0 aromatic carbocycles. The van der Waals surface area contributed by atoms with Crippen molar-refractivity contribution < 1.29 is 0 Å². The van der Waals surface area contributed by atoms with Gasteiger partial charge in [-0.2, -0.15) is 5.10 Å². The molecule has 15 heavy (non-hydrogen) atoms. The van der Waals surface area contributed by atoms with Crippen LogP contribution in [0.2, 0.25) is 0 Å². The van der Waals surface area contributed by atoms with Crippen molar-refractivity contribution in [3.63, 3.8) is 0 Å². The Balaban J connectivity index is 2.11. The van der Waals surface area contributed by atoms with Crippen LogP contribution >= 0.6 is 0 Å². The Morgan fingerprint density at radius 1 is 1.33 bits per heavy atom. The third-order valence-corrected chi connectivity index (χ3v) is 2.40. The van der Waals surface area contributed by atoms with Crippen LogP contribution in [0.3, 0.4) is 0 Å². The van der Waals surface area contributed by atoms with E-state index in [0.717, 1.165) is 18.5 Å². The van der Waals surface area contributed by atoms with Crippen LogP contribution in [0.1, 0.15) is 24.5 Å². The molecule has 1 aliphatic rings. The van der Waals surface area contributed by atoms with E-state index in [9.17, 15) is 4.79 Å². The molecule has 1 fully saturated rings. The summed E-state index contributed by atoms with van der Waals surface area (Å²) in [6.45, 7) is 0. The van der Waals surface area contributed by atoms with Crippen molar-refractivity contribution in [2.45, 2.75) is 18.8 Å². The molecule has 0 unspecified atom stereocenters. The van der Waals surface area contributed by atoms with Crippen LogP contribution in [0.15, 0.2) is 17.2 Å². The first-order valence-electron chi connectivity index (χ1n) is 4.80. The quantitative estimate of drug-likeness (QED) is 0.741. The second-order valence-electron chi connectivity index (χ2n) is 3.63. The highest BCUT2D eigenvalue weighted by Crippen LogP contribution is 2.38. The summed E-state index contributed by atoms with van der Waals surface area (Å²) in [4.78, 5) is 22.3. The molecular weight excluding hydrogens is 194 g/mol. The van der Waals surface area contributed by atoms with E-state index in [-0.39, 0.29) is 5.56 Å². The number of aromatic amines is 2. The Morgan fingerprint density at radius 3 is 2.87 bits per heavy atom. The van der Waals surface area contributed by atoms with Gasteiger partial charge in [-0.1, -0.05) is 0 Å². The lowest BCUT2D eigenvalue weighted by Crippen LogP contribution is -2.10. The Hall–Kier alpha value is -1.98. The molecule has 0 aliphatic heterocycles. The van der Waals surface area contributed by atoms with Gasteiger partial charge in [-0.25, -0.2) is 9.97 Å². The highest BCUT2D eigenvalue weighted by molar-refractivity contribution is 5.41. The Kier molecular flexibility index (Phi) is 1.67. The lowest BCUT2D eigenvalue weighted by atomic mass is 10.3. The minimum absolute atomic E-state index is 0.140. The van der Waals surface area contributed by atoms with Gasteiger partial charge in [0.2, 0.25) is 0 Å². The van der Waals surface area contributed by atoms with Crippen molar-refractivity contribution in [3.8, 4) is 11.6 Å². The van der Waals surface area contributed by atoms with Gasteiger partial charge in [0.15, 0.2) is 11.6 Å². The topological polar surface area (TPSA) is 87.3 Å². The van der Waals surface area contributed by atoms with Crippen LogP contribution < -0.4 is 5.56 Å². The van der Waals surface area contributed by atoms with E-state index in [4.69, 9.17) is 0 Å². The number of aromatic nitrogens is 5. The van der Waals surface area contributed by atoms with E-state index in [2.05, 4.69) is 25.1 Å². The first-order valence-corrected chi connectivity index (χ1v) is 4.80. The van der Waals surface area contributed by atoms with Gasteiger partial charge in [-0.3, -0.25) is 9.89 Å². The molecule has 3 rings (SSSR count). The van der Waals surface area contributed by atoms with Crippen molar-refractivity contribution in [3.05, 3.63) is 28.4 Å². The molecule has 0 radical (unpaired) electrons. The predicted molar refractivity (Wildman–Crippen MR) is 52.2 cm³/mol. The summed E-state index contributed by atoms with van der Waals surface area (Å²) in [7, 11) is 0. The zero-order chi connectivity index (χ0) is 10.3. The second-order valence-corrected chi connectivity index (χ2v) is 3.63. The van der Waals surface area contributed by atoms with Crippen LogP contribution in [-0.2, 0) is 0 Å². The molecule has 0 bridgehead atoms. The molecule has 76 valence electrons. The Morgan fingerprint density at radius 2 is 2.20 bits per heavy atom. The summed E-state index contributed by atoms with van der Waals surface area (Å²) in [6.07, 6.45) is 3.62. The summed E-state index contributed by atoms with van der Waals surface area (Å²) >= 11 is 0. The zero-order valence-electron chi connectivity index (χ0n) is 7.90.